The van der Waals surface area contributed by atoms with Gasteiger partial charge in [0.15, 0.2) is 11.5 Å². The summed E-state index contributed by atoms with van der Waals surface area (Å²) in [5, 5.41) is 2.99. The molecule has 3 rings (SSSR count). The summed E-state index contributed by atoms with van der Waals surface area (Å²) in [6, 6.07) is 11.7. The van der Waals surface area contributed by atoms with Gasteiger partial charge in [0.25, 0.3) is 0 Å². The number of nitrogens with zero attached hydrogens (tertiary/aromatic N) is 1. The molecule has 0 spiro atoms. The Hall–Kier alpha value is -2.69. The monoisotopic (exact) mass is 354 g/mol. The third kappa shape index (κ3) is 4.10. The van der Waals surface area contributed by atoms with Gasteiger partial charge in [0.1, 0.15) is 0 Å². The zero-order chi connectivity index (χ0) is 18.5. The number of carbonyl (C=O) groups excluding carboxylic acids is 1. The molecule has 5 heteroatoms. The molecule has 1 amide bonds. The van der Waals surface area contributed by atoms with Crippen LogP contribution in [0.3, 0.4) is 0 Å². The standard InChI is InChI=1S/C21H26N2O3/c1-15-12-17(7-8-18(15)23-10-4-5-11-23)22-21(24)14-16-6-9-19(25-2)20(13-16)26-3/h6-9,12-13H,4-5,10-11,14H2,1-3H3,(H,22,24). The summed E-state index contributed by atoms with van der Waals surface area (Å²) >= 11 is 0. The second kappa shape index (κ2) is 8.13. The molecule has 0 aromatic heterocycles. The van der Waals surface area contributed by atoms with Crippen molar-refractivity contribution in [2.45, 2.75) is 26.2 Å². The van der Waals surface area contributed by atoms with Crippen LogP contribution in [0.1, 0.15) is 24.0 Å². The molecule has 1 aliphatic heterocycles. The first-order valence-corrected chi connectivity index (χ1v) is 8.97. The number of ether oxygens (including phenoxy) is 2. The van der Waals surface area contributed by atoms with E-state index in [4.69, 9.17) is 9.47 Å². The highest BCUT2D eigenvalue weighted by atomic mass is 16.5. The molecular formula is C21H26N2O3. The van der Waals surface area contributed by atoms with Crippen molar-refractivity contribution in [2.75, 3.05) is 37.5 Å². The highest BCUT2D eigenvalue weighted by Gasteiger charge is 2.15. The Morgan fingerprint density at radius 1 is 1.04 bits per heavy atom. The number of rotatable bonds is 6. The molecule has 1 saturated heterocycles. The van der Waals surface area contributed by atoms with Crippen LogP contribution in [0.4, 0.5) is 11.4 Å². The first kappa shape index (κ1) is 18.1. The van der Waals surface area contributed by atoms with Crippen LogP contribution in [0.15, 0.2) is 36.4 Å². The zero-order valence-corrected chi connectivity index (χ0v) is 15.7. The molecular weight excluding hydrogens is 328 g/mol. The number of anilines is 2. The fraction of sp³-hybridized carbons (Fsp3) is 0.381. The van der Waals surface area contributed by atoms with Crippen molar-refractivity contribution in [1.29, 1.82) is 0 Å². The van der Waals surface area contributed by atoms with Gasteiger partial charge in [-0.05, 0) is 61.2 Å². The van der Waals surface area contributed by atoms with Crippen molar-refractivity contribution in [2.24, 2.45) is 0 Å². The van der Waals surface area contributed by atoms with E-state index < -0.39 is 0 Å². The van der Waals surface area contributed by atoms with Gasteiger partial charge in [-0.3, -0.25) is 4.79 Å². The minimum Gasteiger partial charge on any atom is -0.493 e. The highest BCUT2D eigenvalue weighted by Crippen LogP contribution is 2.29. The summed E-state index contributed by atoms with van der Waals surface area (Å²) in [7, 11) is 3.19. The van der Waals surface area contributed by atoms with E-state index in [9.17, 15) is 4.79 Å². The van der Waals surface area contributed by atoms with Gasteiger partial charge in [0.05, 0.1) is 20.6 Å². The smallest absolute Gasteiger partial charge is 0.228 e. The molecule has 2 aromatic carbocycles. The molecule has 0 aliphatic carbocycles. The van der Waals surface area contributed by atoms with Crippen LogP contribution < -0.4 is 19.7 Å². The van der Waals surface area contributed by atoms with Gasteiger partial charge in [0, 0.05) is 24.5 Å². The number of methoxy groups -OCH3 is 2. The topological polar surface area (TPSA) is 50.8 Å². The molecule has 5 nitrogen and oxygen atoms in total. The van der Waals surface area contributed by atoms with E-state index >= 15 is 0 Å². The van der Waals surface area contributed by atoms with Crippen LogP contribution >= 0.6 is 0 Å². The van der Waals surface area contributed by atoms with E-state index in [0.29, 0.717) is 11.5 Å². The lowest BCUT2D eigenvalue weighted by Crippen LogP contribution is -2.19. The normalized spacial score (nSPS) is 13.6. The second-order valence-corrected chi connectivity index (χ2v) is 6.61. The van der Waals surface area contributed by atoms with Gasteiger partial charge in [0.2, 0.25) is 5.91 Å². The lowest BCUT2D eigenvalue weighted by atomic mass is 10.1. The number of amides is 1. The number of benzene rings is 2. The van der Waals surface area contributed by atoms with Gasteiger partial charge in [-0.1, -0.05) is 6.07 Å². The predicted octanol–water partition coefficient (Wildman–Crippen LogP) is 3.79. The molecule has 0 bridgehead atoms. The molecule has 1 aliphatic rings. The molecule has 1 fully saturated rings. The average Bonchev–Trinajstić information content (AvgIpc) is 3.16. The summed E-state index contributed by atoms with van der Waals surface area (Å²) in [5.41, 5.74) is 4.16. The lowest BCUT2D eigenvalue weighted by Gasteiger charge is -2.20. The lowest BCUT2D eigenvalue weighted by molar-refractivity contribution is -0.115. The molecule has 0 radical (unpaired) electrons. The minimum absolute atomic E-state index is 0.0504. The molecule has 1 N–H and O–H groups in total. The van der Waals surface area contributed by atoms with E-state index in [2.05, 4.69) is 23.2 Å². The Morgan fingerprint density at radius 2 is 1.77 bits per heavy atom. The van der Waals surface area contributed by atoms with Crippen molar-refractivity contribution >= 4 is 17.3 Å². The minimum atomic E-state index is -0.0504. The van der Waals surface area contributed by atoms with Gasteiger partial charge in [-0.15, -0.1) is 0 Å². The Bertz CT molecular complexity index is 783. The average molecular weight is 354 g/mol. The summed E-state index contributed by atoms with van der Waals surface area (Å²) in [4.78, 5) is 14.8. The summed E-state index contributed by atoms with van der Waals surface area (Å²) < 4.78 is 10.5. The maximum absolute atomic E-state index is 12.4. The SMILES string of the molecule is COc1ccc(CC(=O)Nc2ccc(N3CCCC3)c(C)c2)cc1OC. The molecule has 26 heavy (non-hydrogen) atoms. The predicted molar refractivity (Wildman–Crippen MR) is 105 cm³/mol. The molecule has 2 aromatic rings. The van der Waals surface area contributed by atoms with Crippen molar-refractivity contribution in [1.82, 2.24) is 0 Å². The van der Waals surface area contributed by atoms with Crippen LogP contribution in [0.2, 0.25) is 0 Å². The fourth-order valence-electron chi connectivity index (χ4n) is 3.43. The molecule has 0 unspecified atom stereocenters. The molecule has 0 atom stereocenters. The third-order valence-corrected chi connectivity index (χ3v) is 4.74. The van der Waals surface area contributed by atoms with Crippen molar-refractivity contribution in [3.63, 3.8) is 0 Å². The second-order valence-electron chi connectivity index (χ2n) is 6.61. The number of aryl methyl sites for hydroxylation is 1. The first-order chi connectivity index (χ1) is 12.6. The number of hydrogen-bond acceptors (Lipinski definition) is 4. The molecule has 0 saturated carbocycles. The van der Waals surface area contributed by atoms with Crippen molar-refractivity contribution in [3.05, 3.63) is 47.5 Å². The largest absolute Gasteiger partial charge is 0.493 e. The van der Waals surface area contributed by atoms with E-state index in [1.165, 1.54) is 24.1 Å². The van der Waals surface area contributed by atoms with Crippen LogP contribution in [0, 0.1) is 6.92 Å². The van der Waals surface area contributed by atoms with Gasteiger partial charge >= 0.3 is 0 Å². The third-order valence-electron chi connectivity index (χ3n) is 4.74. The quantitative estimate of drug-likeness (QED) is 0.857. The zero-order valence-electron chi connectivity index (χ0n) is 15.7. The van der Waals surface area contributed by atoms with Crippen molar-refractivity contribution in [3.8, 4) is 11.5 Å². The van der Waals surface area contributed by atoms with E-state index in [1.807, 2.05) is 30.3 Å². The van der Waals surface area contributed by atoms with E-state index in [-0.39, 0.29) is 12.3 Å². The van der Waals surface area contributed by atoms with Gasteiger partial charge < -0.3 is 19.7 Å². The Kier molecular flexibility index (Phi) is 5.66. The number of hydrogen-bond donors (Lipinski definition) is 1. The Labute approximate surface area is 154 Å². The number of carbonyl (C=O) groups is 1. The summed E-state index contributed by atoms with van der Waals surface area (Å²) in [6.45, 7) is 4.33. The number of nitrogens with one attached hydrogen (secondary N) is 1. The molecule has 138 valence electrons. The Morgan fingerprint density at radius 3 is 2.42 bits per heavy atom. The summed E-state index contributed by atoms with van der Waals surface area (Å²) in [5.74, 6) is 1.24. The van der Waals surface area contributed by atoms with Gasteiger partial charge in [-0.25, -0.2) is 0 Å². The summed E-state index contributed by atoms with van der Waals surface area (Å²) in [6.07, 6.45) is 2.79. The van der Waals surface area contributed by atoms with Crippen molar-refractivity contribution < 1.29 is 14.3 Å². The van der Waals surface area contributed by atoms with E-state index in [0.717, 1.165) is 24.3 Å². The maximum atomic E-state index is 12.4. The van der Waals surface area contributed by atoms with E-state index in [1.54, 1.807) is 14.2 Å². The Balaban J connectivity index is 1.65. The maximum Gasteiger partial charge on any atom is 0.228 e. The van der Waals surface area contributed by atoms with Crippen LogP contribution in [0.5, 0.6) is 11.5 Å². The van der Waals surface area contributed by atoms with Crippen LogP contribution in [-0.4, -0.2) is 33.2 Å². The van der Waals surface area contributed by atoms with Gasteiger partial charge in [-0.2, -0.15) is 0 Å². The fourth-order valence-corrected chi connectivity index (χ4v) is 3.43. The highest BCUT2D eigenvalue weighted by molar-refractivity contribution is 5.92. The first-order valence-electron chi connectivity index (χ1n) is 8.97. The molecule has 1 heterocycles. The van der Waals surface area contributed by atoms with Crippen LogP contribution in [0.25, 0.3) is 0 Å². The van der Waals surface area contributed by atoms with Crippen LogP contribution in [-0.2, 0) is 11.2 Å².